The summed E-state index contributed by atoms with van der Waals surface area (Å²) in [7, 11) is 0. The zero-order valence-electron chi connectivity index (χ0n) is 16.8. The van der Waals surface area contributed by atoms with Gasteiger partial charge in [0.05, 0.1) is 11.5 Å². The Kier molecular flexibility index (Phi) is 7.32. The molecule has 0 aliphatic carbocycles. The number of hydrogen-bond acceptors (Lipinski definition) is 7. The van der Waals surface area contributed by atoms with Gasteiger partial charge in [0.1, 0.15) is 12.4 Å². The van der Waals surface area contributed by atoms with Crippen LogP contribution in [-0.4, -0.2) is 40.8 Å². The molecule has 0 spiro atoms. The number of rotatable bonds is 8. The van der Waals surface area contributed by atoms with Gasteiger partial charge in [-0.05, 0) is 57.2 Å². The van der Waals surface area contributed by atoms with Crippen LogP contribution in [0.2, 0.25) is 0 Å². The molecule has 0 aliphatic rings. The molecule has 2 aromatic carbocycles. The molecule has 2 aromatic rings. The van der Waals surface area contributed by atoms with E-state index in [1.165, 1.54) is 25.1 Å². The molecule has 10 heteroatoms. The van der Waals surface area contributed by atoms with Gasteiger partial charge in [-0.2, -0.15) is 0 Å². The molecule has 0 heterocycles. The highest BCUT2D eigenvalue weighted by Crippen LogP contribution is 2.23. The number of ether oxygens (including phenoxy) is 2. The minimum atomic E-state index is -1.86. The summed E-state index contributed by atoms with van der Waals surface area (Å²) in [6.45, 7) is 4.45. The van der Waals surface area contributed by atoms with Gasteiger partial charge in [0.2, 0.25) is 0 Å². The molecule has 0 radical (unpaired) electrons. The second kappa shape index (κ2) is 9.70. The topological polar surface area (TPSA) is 140 Å². The van der Waals surface area contributed by atoms with Gasteiger partial charge in [-0.1, -0.05) is 0 Å². The van der Waals surface area contributed by atoms with Gasteiger partial charge >= 0.3 is 6.09 Å². The van der Waals surface area contributed by atoms with E-state index in [2.05, 4.69) is 10.6 Å². The van der Waals surface area contributed by atoms with Crippen molar-refractivity contribution in [3.05, 3.63) is 58.1 Å². The second-order valence-corrected chi connectivity index (χ2v) is 6.64. The molecule has 0 saturated carbocycles. The number of nitrogens with zero attached hydrogens (tertiary/aromatic N) is 1. The highest BCUT2D eigenvalue weighted by molar-refractivity contribution is 5.97. The summed E-state index contributed by atoms with van der Waals surface area (Å²) >= 11 is 0. The number of nitro benzene ring substituents is 1. The molecule has 10 nitrogen and oxygen atoms in total. The quantitative estimate of drug-likeness (QED) is 0.442. The number of amides is 2. The van der Waals surface area contributed by atoms with E-state index in [4.69, 9.17) is 9.47 Å². The average molecular weight is 417 g/mol. The molecule has 3 N–H and O–H groups in total. The highest BCUT2D eigenvalue weighted by Gasteiger charge is 2.31. The maximum Gasteiger partial charge on any atom is 0.411 e. The summed E-state index contributed by atoms with van der Waals surface area (Å²) in [4.78, 5) is 34.1. The first kappa shape index (κ1) is 22.6. The van der Waals surface area contributed by atoms with Gasteiger partial charge in [-0.25, -0.2) is 4.79 Å². The van der Waals surface area contributed by atoms with E-state index in [9.17, 15) is 24.8 Å². The van der Waals surface area contributed by atoms with E-state index in [1.54, 1.807) is 38.1 Å². The minimum absolute atomic E-state index is 0.0658. The molecule has 160 valence electrons. The number of anilines is 2. The monoisotopic (exact) mass is 417 g/mol. The summed E-state index contributed by atoms with van der Waals surface area (Å²) in [5, 5.41) is 26.3. The van der Waals surface area contributed by atoms with Crippen LogP contribution in [0.4, 0.5) is 21.9 Å². The van der Waals surface area contributed by atoms with Crippen molar-refractivity contribution >= 4 is 29.1 Å². The van der Waals surface area contributed by atoms with E-state index in [0.717, 1.165) is 0 Å². The Morgan fingerprint density at radius 3 is 2.33 bits per heavy atom. The van der Waals surface area contributed by atoms with Crippen LogP contribution in [0.25, 0.3) is 0 Å². The van der Waals surface area contributed by atoms with Crippen molar-refractivity contribution in [1.82, 2.24) is 0 Å². The molecule has 30 heavy (non-hydrogen) atoms. The molecule has 0 bridgehead atoms. The Hall–Kier alpha value is -3.66. The fraction of sp³-hybridized carbons (Fsp3) is 0.300. The third-order valence-electron chi connectivity index (χ3n) is 4.04. The van der Waals surface area contributed by atoms with E-state index < -0.39 is 22.5 Å². The number of aryl methyl sites for hydroxylation is 1. The first-order valence-corrected chi connectivity index (χ1v) is 9.08. The lowest BCUT2D eigenvalue weighted by Gasteiger charge is -2.22. The first-order valence-electron chi connectivity index (χ1n) is 9.08. The Labute approximate surface area is 173 Å². The fourth-order valence-electron chi connectivity index (χ4n) is 2.41. The number of carbonyl (C=O) groups excluding carboxylic acids is 2. The maximum atomic E-state index is 12.4. The van der Waals surface area contributed by atoms with Crippen molar-refractivity contribution in [2.24, 2.45) is 0 Å². The van der Waals surface area contributed by atoms with Crippen LogP contribution in [0, 0.1) is 17.0 Å². The van der Waals surface area contributed by atoms with Gasteiger partial charge in [0.15, 0.2) is 5.60 Å². The van der Waals surface area contributed by atoms with Gasteiger partial charge in [-0.3, -0.25) is 20.2 Å². The Bertz CT molecular complexity index is 926. The molecular weight excluding hydrogens is 394 g/mol. The molecule has 0 aliphatic heterocycles. The Balaban J connectivity index is 1.94. The van der Waals surface area contributed by atoms with Crippen LogP contribution in [0.5, 0.6) is 5.75 Å². The molecule has 0 aromatic heterocycles. The maximum absolute atomic E-state index is 12.4. The lowest BCUT2D eigenvalue weighted by molar-refractivity contribution is -0.385. The van der Waals surface area contributed by atoms with E-state index >= 15 is 0 Å². The normalized spacial score (nSPS) is 12.4. The molecule has 2 rings (SSSR count). The van der Waals surface area contributed by atoms with Crippen LogP contribution in [0.15, 0.2) is 42.5 Å². The third kappa shape index (κ3) is 6.17. The Morgan fingerprint density at radius 2 is 1.77 bits per heavy atom. The standard InChI is InChI=1S/C20H23N3O7/c1-4-29-19(25)22-14-5-8-16(9-6-14)30-12-20(3,26)18(24)21-15-7-10-17(23(27)28)13(2)11-15/h5-11,26H,4,12H2,1-3H3,(H,21,24)(H,22,25). The summed E-state index contributed by atoms with van der Waals surface area (Å²) < 4.78 is 10.2. The Morgan fingerprint density at radius 1 is 1.13 bits per heavy atom. The predicted octanol–water partition coefficient (Wildman–Crippen LogP) is 3.24. The van der Waals surface area contributed by atoms with Crippen molar-refractivity contribution < 1.29 is 29.1 Å². The molecule has 0 fully saturated rings. The number of aliphatic hydroxyl groups is 1. The fourth-order valence-corrected chi connectivity index (χ4v) is 2.41. The molecular formula is C20H23N3O7. The average Bonchev–Trinajstić information content (AvgIpc) is 2.67. The SMILES string of the molecule is CCOC(=O)Nc1ccc(OCC(C)(O)C(=O)Nc2ccc([N+](=O)[O-])c(C)c2)cc1. The van der Waals surface area contributed by atoms with Gasteiger partial charge in [0.25, 0.3) is 11.6 Å². The van der Waals surface area contributed by atoms with E-state index in [1.807, 2.05) is 0 Å². The van der Waals surface area contributed by atoms with Crippen molar-refractivity contribution in [1.29, 1.82) is 0 Å². The number of nitro groups is 1. The predicted molar refractivity (Wildman–Crippen MR) is 110 cm³/mol. The number of nitrogens with one attached hydrogen (secondary N) is 2. The van der Waals surface area contributed by atoms with Crippen LogP contribution in [0.3, 0.4) is 0 Å². The molecule has 1 atom stereocenters. The van der Waals surface area contributed by atoms with Crippen LogP contribution < -0.4 is 15.4 Å². The number of carbonyl (C=O) groups is 2. The third-order valence-corrected chi connectivity index (χ3v) is 4.04. The van der Waals surface area contributed by atoms with Crippen molar-refractivity contribution in [3.63, 3.8) is 0 Å². The lowest BCUT2D eigenvalue weighted by atomic mass is 10.1. The van der Waals surface area contributed by atoms with Crippen molar-refractivity contribution in [2.75, 3.05) is 23.8 Å². The molecule has 1 unspecified atom stereocenters. The van der Waals surface area contributed by atoms with Gasteiger partial charge in [0, 0.05) is 23.0 Å². The van der Waals surface area contributed by atoms with Crippen LogP contribution >= 0.6 is 0 Å². The second-order valence-electron chi connectivity index (χ2n) is 6.64. The van der Waals surface area contributed by atoms with Crippen LogP contribution in [-0.2, 0) is 9.53 Å². The lowest BCUT2D eigenvalue weighted by Crippen LogP contribution is -2.45. The largest absolute Gasteiger partial charge is 0.490 e. The number of hydrogen-bond donors (Lipinski definition) is 3. The smallest absolute Gasteiger partial charge is 0.411 e. The van der Waals surface area contributed by atoms with E-state index in [0.29, 0.717) is 22.7 Å². The molecule has 2 amide bonds. The zero-order chi connectivity index (χ0) is 22.3. The van der Waals surface area contributed by atoms with Crippen molar-refractivity contribution in [3.8, 4) is 5.75 Å². The van der Waals surface area contributed by atoms with Crippen LogP contribution in [0.1, 0.15) is 19.4 Å². The van der Waals surface area contributed by atoms with Gasteiger partial charge < -0.3 is 19.9 Å². The zero-order valence-corrected chi connectivity index (χ0v) is 16.8. The van der Waals surface area contributed by atoms with Gasteiger partial charge in [-0.15, -0.1) is 0 Å². The van der Waals surface area contributed by atoms with Crippen molar-refractivity contribution in [2.45, 2.75) is 26.4 Å². The summed E-state index contributed by atoms with van der Waals surface area (Å²) in [5.74, 6) is -0.347. The highest BCUT2D eigenvalue weighted by atomic mass is 16.6. The van der Waals surface area contributed by atoms with E-state index in [-0.39, 0.29) is 18.9 Å². The summed E-state index contributed by atoms with van der Waals surface area (Å²) in [5.41, 5.74) is -0.733. The first-order chi connectivity index (χ1) is 14.1. The number of benzene rings is 2. The summed E-state index contributed by atoms with van der Waals surface area (Å²) in [6, 6.07) is 10.4. The minimum Gasteiger partial charge on any atom is -0.490 e. The molecule has 0 saturated heterocycles. The summed E-state index contributed by atoms with van der Waals surface area (Å²) in [6.07, 6.45) is -0.577.